The predicted octanol–water partition coefficient (Wildman–Crippen LogP) is 4.96. The summed E-state index contributed by atoms with van der Waals surface area (Å²) in [5.41, 5.74) is 0. The number of rotatable bonds is 47. The van der Waals surface area contributed by atoms with Crippen LogP contribution in [0.1, 0.15) is 96.8 Å². The van der Waals surface area contributed by atoms with Crippen molar-refractivity contribution < 1.29 is 62.3 Å². The van der Waals surface area contributed by atoms with E-state index in [4.69, 9.17) is 57.2 Å². The van der Waals surface area contributed by atoms with E-state index in [9.17, 15) is 5.11 Å². The Bertz CT molecular complexity index is 606. The summed E-state index contributed by atoms with van der Waals surface area (Å²) < 4.78 is 59.6. The molecule has 0 amide bonds. The molecule has 308 valence electrons. The summed E-state index contributed by atoms with van der Waals surface area (Å²) >= 11 is 0. The number of aliphatic hydroxyl groups is 2. The first-order valence-electron chi connectivity index (χ1n) is 20.0. The van der Waals surface area contributed by atoms with Gasteiger partial charge in [0.05, 0.1) is 139 Å². The first-order valence-corrected chi connectivity index (χ1v) is 20.0. The van der Waals surface area contributed by atoms with Crippen LogP contribution in [-0.4, -0.2) is 162 Å². The topological polar surface area (TPSA) is 142 Å². The lowest BCUT2D eigenvalue weighted by Gasteiger charge is -2.12. The van der Waals surface area contributed by atoms with Crippen LogP contribution in [0.5, 0.6) is 0 Å². The van der Waals surface area contributed by atoms with Crippen LogP contribution in [0.3, 0.4) is 0 Å². The van der Waals surface area contributed by atoms with Gasteiger partial charge >= 0.3 is 0 Å². The average Bonchev–Trinajstić information content (AvgIpc) is 3.14. The van der Waals surface area contributed by atoms with E-state index in [1.807, 2.05) is 0 Å². The Morgan fingerprint density at radius 1 is 0.314 bits per heavy atom. The Labute approximate surface area is 310 Å². The molecule has 51 heavy (non-hydrogen) atoms. The first kappa shape index (κ1) is 50.5. The zero-order valence-corrected chi connectivity index (χ0v) is 32.4. The van der Waals surface area contributed by atoms with Gasteiger partial charge in [0.15, 0.2) is 6.29 Å². The molecule has 1 unspecified atom stereocenters. The molecule has 0 aliphatic rings. The average molecular weight is 743 g/mol. The molecule has 0 aromatic carbocycles. The molecule has 0 saturated heterocycles. The van der Waals surface area contributed by atoms with Gasteiger partial charge in [0.2, 0.25) is 0 Å². The van der Waals surface area contributed by atoms with Crippen molar-refractivity contribution in [2.45, 2.75) is 103 Å². The lowest BCUT2D eigenvalue weighted by molar-refractivity contribution is -0.141. The Balaban J connectivity index is 3.12. The van der Waals surface area contributed by atoms with Gasteiger partial charge in [-0.25, -0.2) is 0 Å². The van der Waals surface area contributed by atoms with Gasteiger partial charge in [-0.15, -0.1) is 0 Å². The van der Waals surface area contributed by atoms with Crippen molar-refractivity contribution >= 4 is 0 Å². The molecule has 0 aromatic rings. The fourth-order valence-corrected chi connectivity index (χ4v) is 4.79. The number of unbranched alkanes of at least 4 members (excludes halogenated alkanes) is 13. The summed E-state index contributed by atoms with van der Waals surface area (Å²) in [5.74, 6) is 0. The van der Waals surface area contributed by atoms with Crippen molar-refractivity contribution in [3.8, 4) is 0 Å². The monoisotopic (exact) mass is 743 g/mol. The van der Waals surface area contributed by atoms with Crippen molar-refractivity contribution in [2.24, 2.45) is 0 Å². The third kappa shape index (κ3) is 47.5. The fourth-order valence-electron chi connectivity index (χ4n) is 4.79. The number of aliphatic hydroxyl groups excluding tert-OH is 2. The van der Waals surface area contributed by atoms with Gasteiger partial charge in [-0.1, -0.05) is 90.4 Å². The van der Waals surface area contributed by atoms with E-state index in [1.165, 1.54) is 77.0 Å². The lowest BCUT2D eigenvalue weighted by atomic mass is 10.0. The molecule has 2 N–H and O–H groups in total. The lowest BCUT2D eigenvalue weighted by Crippen LogP contribution is -2.21. The second-order valence-electron chi connectivity index (χ2n) is 12.2. The molecule has 0 fully saturated rings. The molecule has 0 spiro atoms. The summed E-state index contributed by atoms with van der Waals surface area (Å²) in [6, 6.07) is 0. The predicted molar refractivity (Wildman–Crippen MR) is 198 cm³/mol. The molecule has 0 bridgehead atoms. The molecular formula is C38H78O13. The minimum atomic E-state index is -0.884. The van der Waals surface area contributed by atoms with Gasteiger partial charge < -0.3 is 62.3 Å². The summed E-state index contributed by atoms with van der Waals surface area (Å²) in [6.45, 7) is 12.1. The maximum Gasteiger partial charge on any atom is 0.178 e. The van der Waals surface area contributed by atoms with Gasteiger partial charge in [-0.05, 0) is 6.42 Å². The van der Waals surface area contributed by atoms with Crippen molar-refractivity contribution in [1.82, 2.24) is 0 Å². The molecule has 0 radical (unpaired) electrons. The van der Waals surface area contributed by atoms with E-state index in [2.05, 4.69) is 6.92 Å². The maximum atomic E-state index is 9.91. The molecule has 0 rings (SSSR count). The summed E-state index contributed by atoms with van der Waals surface area (Å²) in [6.07, 6.45) is 17.6. The fraction of sp³-hybridized carbons (Fsp3) is 1.00. The van der Waals surface area contributed by atoms with Crippen molar-refractivity contribution in [3.05, 3.63) is 0 Å². The van der Waals surface area contributed by atoms with E-state index in [0.29, 0.717) is 132 Å². The van der Waals surface area contributed by atoms with Crippen LogP contribution >= 0.6 is 0 Å². The van der Waals surface area contributed by atoms with Crippen LogP contribution in [0.2, 0.25) is 0 Å². The maximum absolute atomic E-state index is 9.91. The third-order valence-electron chi connectivity index (χ3n) is 7.65. The van der Waals surface area contributed by atoms with Gasteiger partial charge in [0.25, 0.3) is 0 Å². The van der Waals surface area contributed by atoms with Gasteiger partial charge in [0.1, 0.15) is 0 Å². The highest BCUT2D eigenvalue weighted by molar-refractivity contribution is 4.50. The van der Waals surface area contributed by atoms with Crippen LogP contribution < -0.4 is 0 Å². The van der Waals surface area contributed by atoms with Crippen LogP contribution in [-0.2, 0) is 52.1 Å². The molecule has 0 aliphatic carbocycles. The first-order chi connectivity index (χ1) is 25.3. The standard InChI is InChI=1S/C38H78O13/c1-2-3-4-5-6-7-8-9-10-11-12-13-14-15-17-51-38(40)37-50-36-35-49-34-33-48-32-31-47-30-29-46-28-27-45-26-25-44-24-23-43-22-21-42-20-19-41-18-16-39/h38-40H,2-37H2,1H3. The van der Waals surface area contributed by atoms with Gasteiger partial charge in [-0.2, -0.15) is 0 Å². The van der Waals surface area contributed by atoms with Crippen molar-refractivity contribution in [2.75, 3.05) is 145 Å². The minimum absolute atomic E-state index is 0.0246. The van der Waals surface area contributed by atoms with Gasteiger partial charge in [0, 0.05) is 6.61 Å². The molecule has 0 saturated carbocycles. The second kappa shape index (κ2) is 47.5. The van der Waals surface area contributed by atoms with E-state index in [-0.39, 0.29) is 13.2 Å². The van der Waals surface area contributed by atoms with Crippen LogP contribution in [0.25, 0.3) is 0 Å². The van der Waals surface area contributed by atoms with Crippen LogP contribution in [0.15, 0.2) is 0 Å². The Kier molecular flexibility index (Phi) is 47.0. The third-order valence-corrected chi connectivity index (χ3v) is 7.65. The highest BCUT2D eigenvalue weighted by Gasteiger charge is 2.04. The number of hydrogen-bond donors (Lipinski definition) is 2. The summed E-state index contributed by atoms with van der Waals surface area (Å²) in [7, 11) is 0. The molecule has 13 heteroatoms. The molecule has 1 atom stereocenters. The largest absolute Gasteiger partial charge is 0.394 e. The highest BCUT2D eigenvalue weighted by Crippen LogP contribution is 2.13. The zero-order chi connectivity index (χ0) is 36.8. The Morgan fingerprint density at radius 3 is 0.863 bits per heavy atom. The normalized spacial score (nSPS) is 12.3. The molecule has 0 aromatic heterocycles. The zero-order valence-electron chi connectivity index (χ0n) is 32.4. The second-order valence-corrected chi connectivity index (χ2v) is 12.2. The highest BCUT2D eigenvalue weighted by atomic mass is 16.6. The van der Waals surface area contributed by atoms with E-state index in [0.717, 1.165) is 12.8 Å². The SMILES string of the molecule is CCCCCCCCCCCCCCCCOC(O)COCCOCCOCCOCCOCCOCCOCCOCCOCCOCCO. The number of hydrogen-bond acceptors (Lipinski definition) is 13. The quantitative estimate of drug-likeness (QED) is 0.0642. The minimum Gasteiger partial charge on any atom is -0.394 e. The van der Waals surface area contributed by atoms with Crippen molar-refractivity contribution in [3.63, 3.8) is 0 Å². The molecule has 0 heterocycles. The summed E-state index contributed by atoms with van der Waals surface area (Å²) in [5, 5.41) is 18.5. The van der Waals surface area contributed by atoms with Crippen molar-refractivity contribution in [1.29, 1.82) is 0 Å². The van der Waals surface area contributed by atoms with Gasteiger partial charge in [-0.3, -0.25) is 0 Å². The van der Waals surface area contributed by atoms with Crippen LogP contribution in [0.4, 0.5) is 0 Å². The number of ether oxygens (including phenoxy) is 11. The van der Waals surface area contributed by atoms with E-state index in [1.54, 1.807) is 0 Å². The molecular weight excluding hydrogens is 664 g/mol. The van der Waals surface area contributed by atoms with E-state index < -0.39 is 6.29 Å². The van der Waals surface area contributed by atoms with E-state index >= 15 is 0 Å². The molecule has 0 aliphatic heterocycles. The molecule has 13 nitrogen and oxygen atoms in total. The Morgan fingerprint density at radius 2 is 0.569 bits per heavy atom. The Hall–Kier alpha value is -0.520. The smallest absolute Gasteiger partial charge is 0.178 e. The summed E-state index contributed by atoms with van der Waals surface area (Å²) in [4.78, 5) is 0. The van der Waals surface area contributed by atoms with Crippen LogP contribution in [0, 0.1) is 0 Å².